The summed E-state index contributed by atoms with van der Waals surface area (Å²) < 4.78 is 11.7. The van der Waals surface area contributed by atoms with E-state index in [-0.39, 0.29) is 30.3 Å². The first-order valence-corrected chi connectivity index (χ1v) is 13.1. The second-order valence-electron chi connectivity index (χ2n) is 10.6. The largest absolute Gasteiger partial charge is 0.458 e. The lowest BCUT2D eigenvalue weighted by atomic mass is 9.73. The van der Waals surface area contributed by atoms with Crippen molar-refractivity contribution in [1.82, 2.24) is 4.98 Å². The Morgan fingerprint density at radius 2 is 1.91 bits per heavy atom. The molecule has 1 aromatic rings. The normalized spacial score (nSPS) is 36.0. The zero-order valence-corrected chi connectivity index (χ0v) is 21.9. The molecule has 2 saturated heterocycles. The van der Waals surface area contributed by atoms with Crippen molar-refractivity contribution < 1.29 is 29.3 Å². The minimum atomic E-state index is -1.22. The number of thiazole rings is 1. The monoisotopic (exact) mass is 493 g/mol. The molecule has 0 spiro atoms. The smallest absolute Gasteiger partial charge is 0.309 e. The van der Waals surface area contributed by atoms with Gasteiger partial charge in [-0.2, -0.15) is 0 Å². The summed E-state index contributed by atoms with van der Waals surface area (Å²) in [7, 11) is 0. The molecule has 2 aliphatic heterocycles. The van der Waals surface area contributed by atoms with Crippen LogP contribution in [0.25, 0.3) is 6.08 Å². The van der Waals surface area contributed by atoms with Gasteiger partial charge in [-0.1, -0.05) is 34.1 Å². The third-order valence-corrected chi connectivity index (χ3v) is 8.20. The van der Waals surface area contributed by atoms with Gasteiger partial charge in [0.25, 0.3) is 0 Å². The topological polar surface area (TPSA) is 109 Å². The molecule has 0 aromatic carbocycles. The summed E-state index contributed by atoms with van der Waals surface area (Å²) in [5.41, 5.74) is 0.494. The standard InChI is InChI=1S/C26H39NO6S/c1-14-8-7-9-19-21(32-19)11-20(15(2)10-18-13-34-17(4)27-18)33-23(29)12-22(28)26(5,6)25(31)16(3)24(14)30/h10,13-14,16,19-22,24,28,30H,7-9,11-12H2,1-6H3. The van der Waals surface area contributed by atoms with Gasteiger partial charge in [-0.25, -0.2) is 4.98 Å². The number of rotatable bonds is 2. The van der Waals surface area contributed by atoms with Crippen molar-refractivity contribution in [2.24, 2.45) is 17.3 Å². The third kappa shape index (κ3) is 6.53. The molecular formula is C26H39NO6S. The molecule has 3 rings (SSSR count). The van der Waals surface area contributed by atoms with Crippen LogP contribution in [-0.4, -0.2) is 57.5 Å². The van der Waals surface area contributed by atoms with Crippen LogP contribution in [0.3, 0.4) is 0 Å². The molecule has 3 heterocycles. The fraction of sp³-hybridized carbons (Fsp3) is 0.731. The molecule has 0 bridgehead atoms. The predicted octanol–water partition coefficient (Wildman–Crippen LogP) is 4.09. The summed E-state index contributed by atoms with van der Waals surface area (Å²) in [5.74, 6) is -1.52. The highest BCUT2D eigenvalue weighted by molar-refractivity contribution is 7.09. The van der Waals surface area contributed by atoms with E-state index in [1.54, 1.807) is 32.1 Å². The van der Waals surface area contributed by atoms with E-state index in [1.807, 2.05) is 32.2 Å². The van der Waals surface area contributed by atoms with E-state index in [1.165, 1.54) is 0 Å². The van der Waals surface area contributed by atoms with E-state index in [0.29, 0.717) is 6.42 Å². The van der Waals surface area contributed by atoms with E-state index in [2.05, 4.69) is 4.98 Å². The maximum atomic E-state index is 13.2. The maximum absolute atomic E-state index is 13.2. The SMILES string of the molecule is CC(=Cc1csc(C)n1)C1CC2OC2CCCC(C)C(O)C(C)C(=O)C(C)(C)C(O)CC(=O)O1. The van der Waals surface area contributed by atoms with Gasteiger partial charge in [0.05, 0.1) is 47.0 Å². The van der Waals surface area contributed by atoms with Crippen molar-refractivity contribution in [3.8, 4) is 0 Å². The summed E-state index contributed by atoms with van der Waals surface area (Å²) in [6.07, 6.45) is 2.28. The van der Waals surface area contributed by atoms with E-state index >= 15 is 0 Å². The number of cyclic esters (lactones) is 1. The quantitative estimate of drug-likeness (QED) is 0.472. The van der Waals surface area contributed by atoms with Gasteiger partial charge in [0.1, 0.15) is 11.9 Å². The Morgan fingerprint density at radius 1 is 1.21 bits per heavy atom. The first kappa shape index (κ1) is 27.0. The molecule has 7 nitrogen and oxygen atoms in total. The average molecular weight is 494 g/mol. The number of nitrogens with zero attached hydrogens (tertiary/aromatic N) is 1. The van der Waals surface area contributed by atoms with Crippen molar-refractivity contribution in [1.29, 1.82) is 0 Å². The fourth-order valence-corrected chi connectivity index (χ4v) is 5.35. The number of aliphatic hydroxyl groups is 2. The summed E-state index contributed by atoms with van der Waals surface area (Å²) in [5, 5.41) is 24.5. The molecule has 2 aliphatic rings. The van der Waals surface area contributed by atoms with Gasteiger partial charge in [0.15, 0.2) is 0 Å². The lowest BCUT2D eigenvalue weighted by Crippen LogP contribution is -2.45. The van der Waals surface area contributed by atoms with Crippen molar-refractivity contribution >= 4 is 29.2 Å². The lowest BCUT2D eigenvalue weighted by Gasteiger charge is -2.34. The van der Waals surface area contributed by atoms with Crippen LogP contribution < -0.4 is 0 Å². The van der Waals surface area contributed by atoms with Crippen LogP contribution in [-0.2, 0) is 19.1 Å². The second kappa shape index (κ2) is 11.0. The van der Waals surface area contributed by atoms with Crippen molar-refractivity contribution in [2.75, 3.05) is 0 Å². The predicted molar refractivity (Wildman–Crippen MR) is 131 cm³/mol. The number of ether oxygens (including phenoxy) is 2. The summed E-state index contributed by atoms with van der Waals surface area (Å²) in [4.78, 5) is 30.5. The number of ketones is 1. The number of aliphatic hydroxyl groups excluding tert-OH is 2. The second-order valence-corrected chi connectivity index (χ2v) is 11.7. The third-order valence-electron chi connectivity index (χ3n) is 7.41. The highest BCUT2D eigenvalue weighted by Crippen LogP contribution is 2.36. The number of epoxide rings is 1. The van der Waals surface area contributed by atoms with Crippen molar-refractivity contribution in [2.45, 2.75) is 104 Å². The number of hydrogen-bond acceptors (Lipinski definition) is 8. The maximum Gasteiger partial charge on any atom is 0.309 e. The summed E-state index contributed by atoms with van der Waals surface area (Å²) >= 11 is 1.56. The van der Waals surface area contributed by atoms with E-state index in [0.717, 1.165) is 35.5 Å². The molecule has 0 amide bonds. The molecular weight excluding hydrogens is 454 g/mol. The Hall–Kier alpha value is -1.61. The molecule has 34 heavy (non-hydrogen) atoms. The molecule has 2 fully saturated rings. The number of aromatic nitrogens is 1. The van der Waals surface area contributed by atoms with Gasteiger partial charge < -0.3 is 19.7 Å². The Labute approximate surface area is 206 Å². The van der Waals surface area contributed by atoms with E-state index < -0.39 is 35.6 Å². The summed E-state index contributed by atoms with van der Waals surface area (Å²) in [6.45, 7) is 10.8. The Kier molecular flexibility index (Phi) is 8.71. The minimum absolute atomic E-state index is 0.00770. The number of hydrogen-bond donors (Lipinski definition) is 2. The van der Waals surface area contributed by atoms with Crippen molar-refractivity contribution in [3.05, 3.63) is 21.7 Å². The highest BCUT2D eigenvalue weighted by Gasteiger charge is 2.44. The first-order valence-electron chi connectivity index (χ1n) is 12.3. The van der Waals surface area contributed by atoms with Crippen molar-refractivity contribution in [3.63, 3.8) is 0 Å². The molecule has 0 radical (unpaired) electrons. The van der Waals surface area contributed by atoms with Gasteiger partial charge >= 0.3 is 5.97 Å². The van der Waals surface area contributed by atoms with E-state index in [9.17, 15) is 19.8 Å². The molecule has 2 N–H and O–H groups in total. The lowest BCUT2D eigenvalue weighted by molar-refractivity contribution is -0.154. The first-order chi connectivity index (χ1) is 15.9. The van der Waals surface area contributed by atoms with Crippen LogP contribution in [0, 0.1) is 24.2 Å². The minimum Gasteiger partial charge on any atom is -0.458 e. The Bertz CT molecular complexity index is 909. The van der Waals surface area contributed by atoms with Crippen LogP contribution in [0.5, 0.6) is 0 Å². The number of carbonyl (C=O) groups is 2. The average Bonchev–Trinajstić information content (AvgIpc) is 3.38. The summed E-state index contributed by atoms with van der Waals surface area (Å²) in [6, 6.07) is 0. The molecule has 8 heteroatoms. The molecule has 7 unspecified atom stereocenters. The van der Waals surface area contributed by atoms with Gasteiger partial charge in [0, 0.05) is 17.7 Å². The van der Waals surface area contributed by atoms with Crippen LogP contribution in [0.2, 0.25) is 0 Å². The zero-order chi connectivity index (χ0) is 25.2. The number of aryl methyl sites for hydroxylation is 1. The van der Waals surface area contributed by atoms with Crippen LogP contribution in [0.4, 0.5) is 0 Å². The highest BCUT2D eigenvalue weighted by atomic mass is 32.1. The van der Waals surface area contributed by atoms with Gasteiger partial charge in [-0.05, 0) is 44.3 Å². The zero-order valence-electron chi connectivity index (χ0n) is 21.1. The van der Waals surface area contributed by atoms with Crippen LogP contribution in [0.1, 0.15) is 77.4 Å². The molecule has 0 saturated carbocycles. The number of esters is 1. The molecule has 7 atom stereocenters. The van der Waals surface area contributed by atoms with Crippen LogP contribution in [0.15, 0.2) is 11.0 Å². The number of carbonyl (C=O) groups excluding carboxylic acids is 2. The van der Waals surface area contributed by atoms with Crippen LogP contribution >= 0.6 is 11.3 Å². The molecule has 0 aliphatic carbocycles. The Balaban J connectivity index is 1.81. The van der Waals surface area contributed by atoms with Gasteiger partial charge in [-0.3, -0.25) is 9.59 Å². The molecule has 1 aromatic heterocycles. The molecule has 190 valence electrons. The number of Topliss-reactive ketones (excluding diaryl/α,β-unsaturated/α-hetero) is 1. The van der Waals surface area contributed by atoms with Gasteiger partial charge in [0.2, 0.25) is 0 Å². The van der Waals surface area contributed by atoms with Gasteiger partial charge in [-0.15, -0.1) is 11.3 Å². The Morgan fingerprint density at radius 3 is 2.56 bits per heavy atom. The number of fused-ring (bicyclic) bond motifs is 1. The fourth-order valence-electron chi connectivity index (χ4n) is 4.78. The van der Waals surface area contributed by atoms with E-state index in [4.69, 9.17) is 9.47 Å².